The normalized spacial score (nSPS) is 15.8. The van der Waals surface area contributed by atoms with Crippen molar-refractivity contribution >= 4 is 5.91 Å². The number of hydrogen-bond acceptors (Lipinski definition) is 4. The van der Waals surface area contributed by atoms with E-state index in [1.807, 2.05) is 43.9 Å². The molecular weight excluding hydrogens is 256 g/mol. The first kappa shape index (κ1) is 14.7. The van der Waals surface area contributed by atoms with Gasteiger partial charge in [0.15, 0.2) is 11.5 Å². The van der Waals surface area contributed by atoms with E-state index < -0.39 is 0 Å². The Morgan fingerprint density at radius 1 is 1.35 bits per heavy atom. The number of amides is 1. The van der Waals surface area contributed by atoms with Gasteiger partial charge in [-0.15, -0.1) is 0 Å². The SMILES string of the molecule is CCN(Cc1ccc2c(c1)OCO2)C(=O)C(C)C(C)N. The Labute approximate surface area is 119 Å². The van der Waals surface area contributed by atoms with Gasteiger partial charge < -0.3 is 20.1 Å². The lowest BCUT2D eigenvalue weighted by atomic mass is 10.0. The minimum atomic E-state index is -0.177. The number of carbonyl (C=O) groups is 1. The van der Waals surface area contributed by atoms with Gasteiger partial charge in [0.2, 0.25) is 12.7 Å². The first-order valence-corrected chi connectivity index (χ1v) is 6.95. The van der Waals surface area contributed by atoms with Crippen molar-refractivity contribution < 1.29 is 14.3 Å². The molecule has 1 aliphatic rings. The Hall–Kier alpha value is -1.75. The minimum absolute atomic E-state index is 0.0835. The summed E-state index contributed by atoms with van der Waals surface area (Å²) in [4.78, 5) is 14.2. The molecule has 0 aliphatic carbocycles. The molecule has 5 nitrogen and oxygen atoms in total. The van der Waals surface area contributed by atoms with Gasteiger partial charge in [0.05, 0.1) is 5.92 Å². The summed E-state index contributed by atoms with van der Waals surface area (Å²) in [5.74, 6) is 1.41. The van der Waals surface area contributed by atoms with Gasteiger partial charge in [0, 0.05) is 19.1 Å². The highest BCUT2D eigenvalue weighted by Gasteiger charge is 2.23. The first-order chi connectivity index (χ1) is 9.52. The maximum atomic E-state index is 12.3. The van der Waals surface area contributed by atoms with Crippen molar-refractivity contribution in [3.05, 3.63) is 23.8 Å². The summed E-state index contributed by atoms with van der Waals surface area (Å²) in [6, 6.07) is 5.62. The van der Waals surface area contributed by atoms with Gasteiger partial charge in [-0.05, 0) is 31.5 Å². The van der Waals surface area contributed by atoms with Gasteiger partial charge in [-0.2, -0.15) is 0 Å². The third-order valence-corrected chi connectivity index (χ3v) is 3.68. The fraction of sp³-hybridized carbons (Fsp3) is 0.533. The third-order valence-electron chi connectivity index (χ3n) is 3.68. The zero-order chi connectivity index (χ0) is 14.7. The van der Waals surface area contributed by atoms with Gasteiger partial charge in [-0.25, -0.2) is 0 Å². The van der Waals surface area contributed by atoms with E-state index in [1.165, 1.54) is 0 Å². The Balaban J connectivity index is 2.08. The van der Waals surface area contributed by atoms with E-state index in [9.17, 15) is 4.79 Å². The molecule has 0 saturated heterocycles. The summed E-state index contributed by atoms with van der Waals surface area (Å²) < 4.78 is 10.6. The lowest BCUT2D eigenvalue weighted by molar-refractivity contribution is -0.135. The van der Waals surface area contributed by atoms with E-state index in [0.29, 0.717) is 13.1 Å². The Bertz CT molecular complexity index is 488. The molecule has 2 rings (SSSR count). The van der Waals surface area contributed by atoms with Crippen molar-refractivity contribution in [1.82, 2.24) is 4.90 Å². The molecule has 0 aromatic heterocycles. The van der Waals surface area contributed by atoms with E-state index in [4.69, 9.17) is 15.2 Å². The number of carbonyl (C=O) groups excluding carboxylic acids is 1. The number of nitrogens with two attached hydrogens (primary N) is 1. The molecule has 0 radical (unpaired) electrons. The monoisotopic (exact) mass is 278 g/mol. The van der Waals surface area contributed by atoms with Crippen LogP contribution in [0.15, 0.2) is 18.2 Å². The van der Waals surface area contributed by atoms with Crippen LogP contribution < -0.4 is 15.2 Å². The van der Waals surface area contributed by atoms with Gasteiger partial charge in [0.1, 0.15) is 0 Å². The standard InChI is InChI=1S/C15H22N2O3/c1-4-17(15(18)10(2)11(3)16)8-12-5-6-13-14(7-12)20-9-19-13/h5-7,10-11H,4,8-9,16H2,1-3H3. The Morgan fingerprint density at radius 3 is 2.70 bits per heavy atom. The van der Waals surface area contributed by atoms with Crippen LogP contribution in [0.5, 0.6) is 11.5 Å². The van der Waals surface area contributed by atoms with Crippen LogP contribution in [0.1, 0.15) is 26.3 Å². The van der Waals surface area contributed by atoms with Crippen LogP contribution in [-0.2, 0) is 11.3 Å². The number of ether oxygens (including phenoxy) is 2. The molecule has 110 valence electrons. The quantitative estimate of drug-likeness (QED) is 0.891. The molecule has 2 atom stereocenters. The molecule has 20 heavy (non-hydrogen) atoms. The van der Waals surface area contributed by atoms with Crippen molar-refractivity contribution in [3.63, 3.8) is 0 Å². The summed E-state index contributed by atoms with van der Waals surface area (Å²) in [5, 5.41) is 0. The lowest BCUT2D eigenvalue weighted by Crippen LogP contribution is -2.41. The number of fused-ring (bicyclic) bond motifs is 1. The third kappa shape index (κ3) is 3.04. The maximum Gasteiger partial charge on any atom is 0.231 e. The second kappa shape index (κ2) is 6.13. The molecular formula is C15H22N2O3. The average molecular weight is 278 g/mol. The van der Waals surface area contributed by atoms with Crippen molar-refractivity contribution in [1.29, 1.82) is 0 Å². The number of rotatable bonds is 5. The topological polar surface area (TPSA) is 64.8 Å². The smallest absolute Gasteiger partial charge is 0.231 e. The van der Waals surface area contributed by atoms with Gasteiger partial charge in [0.25, 0.3) is 0 Å². The maximum absolute atomic E-state index is 12.3. The summed E-state index contributed by atoms with van der Waals surface area (Å²) in [5.41, 5.74) is 6.84. The van der Waals surface area contributed by atoms with Gasteiger partial charge >= 0.3 is 0 Å². The average Bonchev–Trinajstić information content (AvgIpc) is 2.90. The number of benzene rings is 1. The highest BCUT2D eigenvalue weighted by atomic mass is 16.7. The zero-order valence-electron chi connectivity index (χ0n) is 12.3. The van der Waals surface area contributed by atoms with Crippen LogP contribution in [0.3, 0.4) is 0 Å². The zero-order valence-corrected chi connectivity index (χ0v) is 12.3. The molecule has 5 heteroatoms. The fourth-order valence-electron chi connectivity index (χ4n) is 2.12. The fourth-order valence-corrected chi connectivity index (χ4v) is 2.12. The van der Waals surface area contributed by atoms with E-state index >= 15 is 0 Å². The predicted octanol–water partition coefficient (Wildman–Crippen LogP) is 1.75. The van der Waals surface area contributed by atoms with Crippen LogP contribution in [0.2, 0.25) is 0 Å². The lowest BCUT2D eigenvalue weighted by Gasteiger charge is -2.26. The number of hydrogen-bond donors (Lipinski definition) is 1. The van der Waals surface area contributed by atoms with Crippen LogP contribution in [0.25, 0.3) is 0 Å². The van der Waals surface area contributed by atoms with E-state index in [-0.39, 0.29) is 24.7 Å². The van der Waals surface area contributed by atoms with Crippen LogP contribution >= 0.6 is 0 Å². The van der Waals surface area contributed by atoms with Crippen molar-refractivity contribution in [2.24, 2.45) is 11.7 Å². The Morgan fingerprint density at radius 2 is 2.05 bits per heavy atom. The summed E-state index contributed by atoms with van der Waals surface area (Å²) in [7, 11) is 0. The molecule has 1 aromatic rings. The molecule has 2 N–H and O–H groups in total. The summed E-state index contributed by atoms with van der Waals surface area (Å²) >= 11 is 0. The van der Waals surface area contributed by atoms with Gasteiger partial charge in [-0.3, -0.25) is 4.79 Å². The van der Waals surface area contributed by atoms with E-state index in [2.05, 4.69) is 0 Å². The number of nitrogens with zero attached hydrogens (tertiary/aromatic N) is 1. The molecule has 0 spiro atoms. The minimum Gasteiger partial charge on any atom is -0.454 e. The van der Waals surface area contributed by atoms with Crippen LogP contribution in [-0.4, -0.2) is 30.2 Å². The Kier molecular flexibility index (Phi) is 4.49. The highest BCUT2D eigenvalue weighted by molar-refractivity contribution is 5.79. The van der Waals surface area contributed by atoms with Crippen molar-refractivity contribution in [2.45, 2.75) is 33.4 Å². The van der Waals surface area contributed by atoms with Crippen molar-refractivity contribution in [3.8, 4) is 11.5 Å². The van der Waals surface area contributed by atoms with E-state index in [1.54, 1.807) is 0 Å². The molecule has 1 amide bonds. The second-order valence-corrected chi connectivity index (χ2v) is 5.19. The molecule has 0 saturated carbocycles. The van der Waals surface area contributed by atoms with Crippen molar-refractivity contribution in [2.75, 3.05) is 13.3 Å². The molecule has 1 heterocycles. The molecule has 2 unspecified atom stereocenters. The molecule has 0 bridgehead atoms. The molecule has 1 aliphatic heterocycles. The summed E-state index contributed by atoms with van der Waals surface area (Å²) in [6.07, 6.45) is 0. The highest BCUT2D eigenvalue weighted by Crippen LogP contribution is 2.32. The first-order valence-electron chi connectivity index (χ1n) is 6.95. The molecule has 1 aromatic carbocycles. The van der Waals surface area contributed by atoms with Crippen LogP contribution in [0.4, 0.5) is 0 Å². The van der Waals surface area contributed by atoms with Crippen LogP contribution in [0, 0.1) is 5.92 Å². The largest absolute Gasteiger partial charge is 0.454 e. The predicted molar refractivity (Wildman–Crippen MR) is 76.5 cm³/mol. The summed E-state index contributed by atoms with van der Waals surface area (Å²) in [6.45, 7) is 7.18. The molecule has 0 fully saturated rings. The van der Waals surface area contributed by atoms with E-state index in [0.717, 1.165) is 17.1 Å². The second-order valence-electron chi connectivity index (χ2n) is 5.19. The van der Waals surface area contributed by atoms with Gasteiger partial charge in [-0.1, -0.05) is 13.0 Å².